The van der Waals surface area contributed by atoms with Gasteiger partial charge in [-0.3, -0.25) is 14.2 Å². The van der Waals surface area contributed by atoms with Gasteiger partial charge in [0.15, 0.2) is 11.4 Å². The molecule has 1 atom stereocenters. The van der Waals surface area contributed by atoms with Crippen molar-refractivity contribution in [3.8, 4) is 0 Å². The van der Waals surface area contributed by atoms with E-state index < -0.39 is 11.8 Å². The highest BCUT2D eigenvalue weighted by atomic mass is 16.5. The zero-order chi connectivity index (χ0) is 19.0. The van der Waals surface area contributed by atoms with Crippen LogP contribution in [0.15, 0.2) is 38.0 Å². The van der Waals surface area contributed by atoms with E-state index >= 15 is 0 Å². The molecule has 0 saturated carbocycles. The molecule has 1 fully saturated rings. The van der Waals surface area contributed by atoms with Crippen molar-refractivity contribution in [2.24, 2.45) is 0 Å². The minimum atomic E-state index is -0.778. The number of carbonyl (C=O) groups is 2. The van der Waals surface area contributed by atoms with Gasteiger partial charge in [0.05, 0.1) is 11.9 Å². The lowest BCUT2D eigenvalue weighted by atomic mass is 10.1. The fourth-order valence-corrected chi connectivity index (χ4v) is 3.19. The average molecular weight is 371 g/mol. The van der Waals surface area contributed by atoms with Crippen molar-refractivity contribution in [3.63, 3.8) is 0 Å². The van der Waals surface area contributed by atoms with E-state index in [0.29, 0.717) is 30.0 Å². The summed E-state index contributed by atoms with van der Waals surface area (Å²) < 4.78 is 11.5. The van der Waals surface area contributed by atoms with Gasteiger partial charge in [-0.15, -0.1) is 0 Å². The summed E-state index contributed by atoms with van der Waals surface area (Å²) in [6.45, 7) is 2.12. The second-order valence-corrected chi connectivity index (χ2v) is 6.26. The molecule has 27 heavy (non-hydrogen) atoms. The van der Waals surface area contributed by atoms with Crippen LogP contribution in [0.3, 0.4) is 0 Å². The number of benzene rings is 1. The Kier molecular flexibility index (Phi) is 4.22. The molecule has 1 aliphatic heterocycles. The Balaban J connectivity index is 1.59. The third-order valence-corrected chi connectivity index (χ3v) is 4.46. The molecule has 1 saturated heterocycles. The first-order chi connectivity index (χ1) is 13.0. The Hall–Kier alpha value is -3.43. The van der Waals surface area contributed by atoms with Crippen molar-refractivity contribution < 1.29 is 18.5 Å². The van der Waals surface area contributed by atoms with E-state index in [1.165, 1.54) is 9.47 Å². The zero-order valence-corrected chi connectivity index (χ0v) is 14.5. The Bertz CT molecular complexity index is 1070. The molecule has 1 unspecified atom stereocenters. The second kappa shape index (κ2) is 6.71. The number of oxazole rings is 1. The standard InChI is InChI=1S/C17H17N5O5/c1-10-19-14(27-20-10)8-12-16(24)18-6-7-21(12)15(23)9-22-11-4-2-3-5-13(11)26-17(22)25/h2-5,12H,6-9H2,1H3,(H,18,24). The monoisotopic (exact) mass is 371 g/mol. The van der Waals surface area contributed by atoms with Gasteiger partial charge in [0.2, 0.25) is 17.7 Å². The van der Waals surface area contributed by atoms with Crippen molar-refractivity contribution in [1.29, 1.82) is 0 Å². The topological polar surface area (TPSA) is 123 Å². The first-order valence-corrected chi connectivity index (χ1v) is 8.47. The van der Waals surface area contributed by atoms with Gasteiger partial charge in [0.1, 0.15) is 12.6 Å². The second-order valence-electron chi connectivity index (χ2n) is 6.26. The quantitative estimate of drug-likeness (QED) is 0.677. The number of nitrogens with one attached hydrogen (secondary N) is 1. The molecular weight excluding hydrogens is 354 g/mol. The first kappa shape index (κ1) is 17.0. The third kappa shape index (κ3) is 3.21. The van der Waals surface area contributed by atoms with Crippen LogP contribution in [-0.4, -0.2) is 50.6 Å². The molecule has 3 heterocycles. The van der Waals surface area contributed by atoms with E-state index in [4.69, 9.17) is 8.94 Å². The van der Waals surface area contributed by atoms with Crippen LogP contribution in [-0.2, 0) is 22.6 Å². The van der Waals surface area contributed by atoms with Gasteiger partial charge in [-0.25, -0.2) is 4.79 Å². The molecule has 10 nitrogen and oxygen atoms in total. The maximum atomic E-state index is 12.9. The largest absolute Gasteiger partial charge is 0.420 e. The normalized spacial score (nSPS) is 17.3. The lowest BCUT2D eigenvalue weighted by molar-refractivity contribution is -0.143. The van der Waals surface area contributed by atoms with Crippen LogP contribution in [0.4, 0.5) is 0 Å². The number of hydrogen-bond acceptors (Lipinski definition) is 7. The predicted molar refractivity (Wildman–Crippen MR) is 91.7 cm³/mol. The Morgan fingerprint density at radius 1 is 1.33 bits per heavy atom. The maximum Gasteiger partial charge on any atom is 0.420 e. The summed E-state index contributed by atoms with van der Waals surface area (Å²) >= 11 is 0. The molecule has 1 N–H and O–H groups in total. The van der Waals surface area contributed by atoms with Gasteiger partial charge in [0.25, 0.3) is 0 Å². The summed E-state index contributed by atoms with van der Waals surface area (Å²) in [5, 5.41) is 6.44. The summed E-state index contributed by atoms with van der Waals surface area (Å²) in [4.78, 5) is 42.9. The summed E-state index contributed by atoms with van der Waals surface area (Å²) in [5.74, 6) is -0.543. The van der Waals surface area contributed by atoms with E-state index in [1.807, 2.05) is 0 Å². The summed E-state index contributed by atoms with van der Waals surface area (Å²) in [7, 11) is 0. The molecule has 0 bridgehead atoms. The van der Waals surface area contributed by atoms with Gasteiger partial charge in [-0.05, 0) is 19.1 Å². The smallest absolute Gasteiger partial charge is 0.408 e. The van der Waals surface area contributed by atoms with E-state index in [-0.39, 0.29) is 30.7 Å². The number of amides is 2. The number of piperazine rings is 1. The molecule has 10 heteroatoms. The lowest BCUT2D eigenvalue weighted by Gasteiger charge is -2.34. The molecule has 2 amide bonds. The molecule has 0 aliphatic carbocycles. The van der Waals surface area contributed by atoms with Gasteiger partial charge in [-0.1, -0.05) is 17.3 Å². The number of rotatable bonds is 4. The number of para-hydroxylation sites is 2. The Morgan fingerprint density at radius 3 is 2.93 bits per heavy atom. The van der Waals surface area contributed by atoms with Crippen LogP contribution in [0.25, 0.3) is 11.1 Å². The van der Waals surface area contributed by atoms with Crippen LogP contribution in [0.1, 0.15) is 11.7 Å². The number of aryl methyl sites for hydroxylation is 1. The van der Waals surface area contributed by atoms with Crippen molar-refractivity contribution in [2.45, 2.75) is 25.9 Å². The molecule has 0 spiro atoms. The minimum absolute atomic E-state index is 0.111. The number of aromatic nitrogens is 3. The van der Waals surface area contributed by atoms with Crippen molar-refractivity contribution in [2.75, 3.05) is 13.1 Å². The van der Waals surface area contributed by atoms with E-state index in [9.17, 15) is 14.4 Å². The number of nitrogens with zero attached hydrogens (tertiary/aromatic N) is 4. The van der Waals surface area contributed by atoms with Gasteiger partial charge in [-0.2, -0.15) is 4.98 Å². The van der Waals surface area contributed by atoms with Crippen LogP contribution in [0.2, 0.25) is 0 Å². The van der Waals surface area contributed by atoms with Crippen molar-refractivity contribution in [1.82, 2.24) is 24.9 Å². The minimum Gasteiger partial charge on any atom is -0.408 e. The fourth-order valence-electron chi connectivity index (χ4n) is 3.19. The third-order valence-electron chi connectivity index (χ3n) is 4.46. The highest BCUT2D eigenvalue weighted by Crippen LogP contribution is 2.15. The first-order valence-electron chi connectivity index (χ1n) is 8.47. The zero-order valence-electron chi connectivity index (χ0n) is 14.5. The highest BCUT2D eigenvalue weighted by molar-refractivity contribution is 5.89. The van der Waals surface area contributed by atoms with Crippen molar-refractivity contribution >= 4 is 22.9 Å². The number of hydrogen-bond donors (Lipinski definition) is 1. The highest BCUT2D eigenvalue weighted by Gasteiger charge is 2.35. The molecule has 0 radical (unpaired) electrons. The molecular formula is C17H17N5O5. The van der Waals surface area contributed by atoms with Crippen LogP contribution in [0.5, 0.6) is 0 Å². The van der Waals surface area contributed by atoms with Crippen LogP contribution < -0.4 is 11.1 Å². The molecule has 2 aromatic heterocycles. The van der Waals surface area contributed by atoms with Gasteiger partial charge in [0, 0.05) is 13.1 Å². The maximum absolute atomic E-state index is 12.9. The number of fused-ring (bicyclic) bond motifs is 1. The van der Waals surface area contributed by atoms with E-state index in [0.717, 1.165) is 0 Å². The SMILES string of the molecule is Cc1noc(CC2C(=O)NCCN2C(=O)Cn2c(=O)oc3ccccc32)n1. The molecule has 1 aromatic carbocycles. The average Bonchev–Trinajstić information content (AvgIpc) is 3.20. The van der Waals surface area contributed by atoms with Crippen LogP contribution in [0, 0.1) is 6.92 Å². The molecule has 3 aromatic rings. The summed E-state index contributed by atoms with van der Waals surface area (Å²) in [6, 6.07) is 6.09. The van der Waals surface area contributed by atoms with Crippen LogP contribution >= 0.6 is 0 Å². The van der Waals surface area contributed by atoms with Gasteiger partial charge < -0.3 is 19.2 Å². The Labute approximate surface area is 152 Å². The van der Waals surface area contributed by atoms with E-state index in [1.54, 1.807) is 31.2 Å². The molecule has 4 rings (SSSR count). The van der Waals surface area contributed by atoms with Gasteiger partial charge >= 0.3 is 5.76 Å². The lowest BCUT2D eigenvalue weighted by Crippen LogP contribution is -2.58. The fraction of sp³-hybridized carbons (Fsp3) is 0.353. The molecule has 140 valence electrons. The Morgan fingerprint density at radius 2 is 2.15 bits per heavy atom. The number of carbonyl (C=O) groups excluding carboxylic acids is 2. The summed E-state index contributed by atoms with van der Waals surface area (Å²) in [6.07, 6.45) is 0.111. The van der Waals surface area contributed by atoms with Crippen molar-refractivity contribution in [3.05, 3.63) is 46.5 Å². The molecule has 1 aliphatic rings. The summed E-state index contributed by atoms with van der Waals surface area (Å²) in [5.41, 5.74) is 0.936. The van der Waals surface area contributed by atoms with E-state index in [2.05, 4.69) is 15.5 Å². The predicted octanol–water partition coefficient (Wildman–Crippen LogP) is -0.144.